The number of pyridine rings is 1. The Morgan fingerprint density at radius 1 is 1.24 bits per heavy atom. The van der Waals surface area contributed by atoms with E-state index in [-0.39, 0.29) is 12.1 Å². The highest BCUT2D eigenvalue weighted by molar-refractivity contribution is 6.30. The van der Waals surface area contributed by atoms with Crippen molar-refractivity contribution >= 4 is 11.6 Å². The van der Waals surface area contributed by atoms with Crippen LogP contribution in [0.15, 0.2) is 42.7 Å². The summed E-state index contributed by atoms with van der Waals surface area (Å²) in [6.07, 6.45) is 4.61. The van der Waals surface area contributed by atoms with Crippen LogP contribution < -0.4 is 10.1 Å². The molecule has 0 spiro atoms. The highest BCUT2D eigenvalue weighted by Crippen LogP contribution is 2.23. The Hall–Kier alpha value is -1.58. The summed E-state index contributed by atoms with van der Waals surface area (Å²) in [7, 11) is 1.95. The molecule has 1 aromatic heterocycles. The maximum atomic E-state index is 6.05. The number of halogens is 1. The molecule has 1 atom stereocenters. The van der Waals surface area contributed by atoms with Crippen LogP contribution in [0, 0.1) is 0 Å². The van der Waals surface area contributed by atoms with E-state index in [4.69, 9.17) is 16.3 Å². The van der Waals surface area contributed by atoms with E-state index in [9.17, 15) is 0 Å². The van der Waals surface area contributed by atoms with E-state index in [0.29, 0.717) is 0 Å². The van der Waals surface area contributed by atoms with Gasteiger partial charge in [0.25, 0.3) is 0 Å². The van der Waals surface area contributed by atoms with Crippen LogP contribution in [0.4, 0.5) is 0 Å². The number of nitrogens with zero attached hydrogens (tertiary/aromatic N) is 1. The molecular formula is C17H21ClN2O. The number of hydrogen-bond donors (Lipinski definition) is 1. The van der Waals surface area contributed by atoms with Gasteiger partial charge in [0.05, 0.1) is 12.3 Å². The Balaban J connectivity index is 2.17. The third kappa shape index (κ3) is 4.73. The lowest BCUT2D eigenvalue weighted by atomic mass is 10.0. The second-order valence-electron chi connectivity index (χ2n) is 5.30. The maximum Gasteiger partial charge on any atom is 0.138 e. The molecule has 1 heterocycles. The summed E-state index contributed by atoms with van der Waals surface area (Å²) in [6.45, 7) is 4.02. The van der Waals surface area contributed by atoms with E-state index in [1.165, 1.54) is 5.56 Å². The smallest absolute Gasteiger partial charge is 0.138 e. The molecule has 1 N–H and O–H groups in total. The van der Waals surface area contributed by atoms with Crippen LogP contribution in [0.2, 0.25) is 5.02 Å². The van der Waals surface area contributed by atoms with Crippen molar-refractivity contribution in [1.82, 2.24) is 10.3 Å². The molecule has 1 unspecified atom stereocenters. The van der Waals surface area contributed by atoms with Crippen LogP contribution >= 0.6 is 11.6 Å². The van der Waals surface area contributed by atoms with E-state index in [2.05, 4.69) is 16.4 Å². The Labute approximate surface area is 131 Å². The molecule has 0 saturated heterocycles. The first-order valence-corrected chi connectivity index (χ1v) is 7.49. The van der Waals surface area contributed by atoms with Crippen molar-refractivity contribution in [2.24, 2.45) is 0 Å². The summed E-state index contributed by atoms with van der Waals surface area (Å²) in [5.41, 5.74) is 2.30. The standard InChI is InChI=1S/C17H21ClN2O/c1-12(2)21-16-9-14(10-20-11-16)17(19-3)8-13-5-4-6-15(18)7-13/h4-7,9-12,17,19H,8H2,1-3H3. The molecule has 4 heteroatoms. The maximum absolute atomic E-state index is 6.05. The van der Waals surface area contributed by atoms with E-state index >= 15 is 0 Å². The van der Waals surface area contributed by atoms with Gasteiger partial charge in [0.1, 0.15) is 5.75 Å². The topological polar surface area (TPSA) is 34.2 Å². The zero-order chi connectivity index (χ0) is 15.2. The van der Waals surface area contributed by atoms with Crippen molar-refractivity contribution in [3.05, 3.63) is 58.9 Å². The molecule has 2 aromatic rings. The van der Waals surface area contributed by atoms with E-state index < -0.39 is 0 Å². The molecule has 0 aliphatic carbocycles. The Morgan fingerprint density at radius 3 is 2.71 bits per heavy atom. The molecule has 0 fully saturated rings. The molecule has 1 aromatic carbocycles. The largest absolute Gasteiger partial charge is 0.489 e. The van der Waals surface area contributed by atoms with E-state index in [1.54, 1.807) is 6.20 Å². The molecule has 0 amide bonds. The molecule has 112 valence electrons. The van der Waals surface area contributed by atoms with Crippen LogP contribution in [0.5, 0.6) is 5.75 Å². The number of rotatable bonds is 6. The highest BCUT2D eigenvalue weighted by atomic mass is 35.5. The van der Waals surface area contributed by atoms with Crippen molar-refractivity contribution in [3.8, 4) is 5.75 Å². The molecule has 0 aliphatic rings. The van der Waals surface area contributed by atoms with Crippen molar-refractivity contribution in [3.63, 3.8) is 0 Å². The van der Waals surface area contributed by atoms with Crippen molar-refractivity contribution in [2.45, 2.75) is 32.4 Å². The highest BCUT2D eigenvalue weighted by Gasteiger charge is 2.12. The molecule has 21 heavy (non-hydrogen) atoms. The fourth-order valence-corrected chi connectivity index (χ4v) is 2.46. The van der Waals surface area contributed by atoms with Gasteiger partial charge in [-0.05, 0) is 56.6 Å². The third-order valence-corrected chi connectivity index (χ3v) is 3.42. The summed E-state index contributed by atoms with van der Waals surface area (Å²) < 4.78 is 5.71. The zero-order valence-corrected chi connectivity index (χ0v) is 13.4. The Kier molecular flexibility index (Phi) is 5.59. The van der Waals surface area contributed by atoms with Gasteiger partial charge >= 0.3 is 0 Å². The average Bonchev–Trinajstić information content (AvgIpc) is 2.44. The molecular weight excluding hydrogens is 284 g/mol. The van der Waals surface area contributed by atoms with Gasteiger partial charge in [0, 0.05) is 17.3 Å². The zero-order valence-electron chi connectivity index (χ0n) is 12.6. The van der Waals surface area contributed by atoms with Crippen LogP contribution in [0.1, 0.15) is 31.0 Å². The summed E-state index contributed by atoms with van der Waals surface area (Å²) in [5, 5.41) is 4.09. The predicted molar refractivity (Wildman–Crippen MR) is 87.0 cm³/mol. The van der Waals surface area contributed by atoms with Crippen LogP contribution in [-0.2, 0) is 6.42 Å². The Bertz CT molecular complexity index is 587. The fourth-order valence-electron chi connectivity index (χ4n) is 2.25. The lowest BCUT2D eigenvalue weighted by Gasteiger charge is -2.18. The number of nitrogens with one attached hydrogen (secondary N) is 1. The minimum absolute atomic E-state index is 0.142. The van der Waals surface area contributed by atoms with E-state index in [1.807, 2.05) is 51.4 Å². The molecule has 0 radical (unpaired) electrons. The number of hydrogen-bond acceptors (Lipinski definition) is 3. The van der Waals surface area contributed by atoms with Gasteiger partial charge in [-0.15, -0.1) is 0 Å². The first-order valence-electron chi connectivity index (χ1n) is 7.12. The SMILES string of the molecule is CNC(Cc1cccc(Cl)c1)c1cncc(OC(C)C)c1. The average molecular weight is 305 g/mol. The summed E-state index contributed by atoms with van der Waals surface area (Å²) in [6, 6.07) is 10.1. The van der Waals surface area contributed by atoms with Crippen LogP contribution in [0.3, 0.4) is 0 Å². The van der Waals surface area contributed by atoms with Gasteiger partial charge in [-0.1, -0.05) is 23.7 Å². The van der Waals surface area contributed by atoms with Gasteiger partial charge in [-0.2, -0.15) is 0 Å². The molecule has 0 bridgehead atoms. The first kappa shape index (κ1) is 15.8. The number of benzene rings is 1. The minimum Gasteiger partial charge on any atom is -0.489 e. The normalized spacial score (nSPS) is 12.4. The molecule has 0 aliphatic heterocycles. The summed E-state index contributed by atoms with van der Waals surface area (Å²) >= 11 is 6.05. The monoisotopic (exact) mass is 304 g/mol. The third-order valence-electron chi connectivity index (χ3n) is 3.19. The lowest BCUT2D eigenvalue weighted by Crippen LogP contribution is -2.19. The van der Waals surface area contributed by atoms with Gasteiger partial charge in [-0.25, -0.2) is 0 Å². The quantitative estimate of drug-likeness (QED) is 0.875. The van der Waals surface area contributed by atoms with E-state index in [0.717, 1.165) is 22.8 Å². The van der Waals surface area contributed by atoms with Crippen molar-refractivity contribution < 1.29 is 4.74 Å². The minimum atomic E-state index is 0.142. The van der Waals surface area contributed by atoms with Crippen molar-refractivity contribution in [1.29, 1.82) is 0 Å². The number of aromatic nitrogens is 1. The van der Waals surface area contributed by atoms with Gasteiger partial charge in [0.15, 0.2) is 0 Å². The second-order valence-corrected chi connectivity index (χ2v) is 5.73. The molecule has 3 nitrogen and oxygen atoms in total. The van der Waals surface area contributed by atoms with Crippen molar-refractivity contribution in [2.75, 3.05) is 7.05 Å². The van der Waals surface area contributed by atoms with Gasteiger partial charge in [-0.3, -0.25) is 4.98 Å². The van der Waals surface area contributed by atoms with Crippen LogP contribution in [0.25, 0.3) is 0 Å². The van der Waals surface area contributed by atoms with Crippen LogP contribution in [-0.4, -0.2) is 18.1 Å². The molecule has 0 saturated carbocycles. The summed E-state index contributed by atoms with van der Waals surface area (Å²) in [4.78, 5) is 4.27. The summed E-state index contributed by atoms with van der Waals surface area (Å²) in [5.74, 6) is 0.800. The predicted octanol–water partition coefficient (Wildman–Crippen LogP) is 4.03. The van der Waals surface area contributed by atoms with Gasteiger partial charge < -0.3 is 10.1 Å². The lowest BCUT2D eigenvalue weighted by molar-refractivity contribution is 0.241. The Morgan fingerprint density at radius 2 is 2.05 bits per heavy atom. The van der Waals surface area contributed by atoms with Gasteiger partial charge in [0.2, 0.25) is 0 Å². The number of ether oxygens (including phenoxy) is 1. The first-order chi connectivity index (χ1) is 10.1. The molecule has 2 rings (SSSR count). The fraction of sp³-hybridized carbons (Fsp3) is 0.353. The number of likely N-dealkylation sites (N-methyl/N-ethyl adjacent to an activating group) is 1. The second kappa shape index (κ2) is 7.43.